The third-order valence-electron chi connectivity index (χ3n) is 0.864. The van der Waals surface area contributed by atoms with Crippen LogP contribution in [0.25, 0.3) is 0 Å². The van der Waals surface area contributed by atoms with E-state index < -0.39 is 12.0 Å². The van der Waals surface area contributed by atoms with Gasteiger partial charge in [-0.05, 0) is 0 Å². The first-order chi connectivity index (χ1) is 5.98. The van der Waals surface area contributed by atoms with Gasteiger partial charge in [0.2, 0.25) is 0 Å². The van der Waals surface area contributed by atoms with Crippen LogP contribution >= 0.6 is 0 Å². The fourth-order valence-corrected chi connectivity index (χ4v) is 0.359. The minimum absolute atomic E-state index is 0.335. The lowest BCUT2D eigenvalue weighted by molar-refractivity contribution is -0.165. The zero-order valence-electron chi connectivity index (χ0n) is 6.30. The molecule has 0 aliphatic rings. The number of alkyl halides is 3. The molecule has 13 heavy (non-hydrogen) atoms. The van der Waals surface area contributed by atoms with Gasteiger partial charge in [-0.25, -0.2) is 0 Å². The molecular weight excluding hydrogens is 185 g/mol. The summed E-state index contributed by atoms with van der Waals surface area (Å²) in [6.07, 6.45) is -1.61. The normalized spacial score (nSPS) is 11.8. The predicted molar refractivity (Wildman–Crippen MR) is 38.1 cm³/mol. The smallest absolute Gasteiger partial charge is 0.367 e. The van der Waals surface area contributed by atoms with E-state index in [9.17, 15) is 18.0 Å². The van der Waals surface area contributed by atoms with Gasteiger partial charge in [0.05, 0.1) is 6.07 Å². The van der Waals surface area contributed by atoms with Crippen molar-refractivity contribution in [1.29, 1.82) is 5.26 Å². The molecule has 70 valence electrons. The summed E-state index contributed by atoms with van der Waals surface area (Å²) in [5.74, 6) is -1.95. The van der Waals surface area contributed by atoms with Gasteiger partial charge in [0.15, 0.2) is 0 Å². The van der Waals surface area contributed by atoms with Crippen molar-refractivity contribution >= 4 is 5.78 Å². The Labute approximate surface area is 72.2 Å². The molecule has 0 aliphatic carbocycles. The molecule has 0 aromatic carbocycles. The Kier molecular flexibility index (Phi) is 4.30. The van der Waals surface area contributed by atoms with Gasteiger partial charge in [0, 0.05) is 24.6 Å². The second-order valence-corrected chi connectivity index (χ2v) is 1.82. The van der Waals surface area contributed by atoms with E-state index in [1.54, 1.807) is 6.07 Å². The fraction of sp³-hybridized carbons (Fsp3) is 0.143. The molecule has 0 saturated carbocycles. The van der Waals surface area contributed by atoms with Crippen molar-refractivity contribution in [3.8, 4) is 6.07 Å². The lowest BCUT2D eigenvalue weighted by atomic mass is 10.4. The number of ketones is 1. The number of hydrogen-bond donors (Lipinski definition) is 1. The summed E-state index contributed by atoms with van der Waals surface area (Å²) in [7, 11) is 0. The maximum absolute atomic E-state index is 11.5. The van der Waals surface area contributed by atoms with Gasteiger partial charge in [-0.3, -0.25) is 4.79 Å². The molecule has 0 atom stereocenters. The standard InChI is InChI=1S/C7H5F3N2O/c8-7(9,10)6(13)2-5-12-4-1-3-11/h1-2,4-5,12H/b4-1-,5-2+. The number of rotatable bonds is 3. The molecule has 0 aromatic rings. The Morgan fingerprint density at radius 2 is 2.00 bits per heavy atom. The van der Waals surface area contributed by atoms with Crippen molar-refractivity contribution in [3.05, 3.63) is 24.6 Å². The quantitative estimate of drug-likeness (QED) is 0.538. The highest BCUT2D eigenvalue weighted by Gasteiger charge is 2.35. The average Bonchev–Trinajstić information content (AvgIpc) is 2.02. The third-order valence-corrected chi connectivity index (χ3v) is 0.864. The molecule has 0 amide bonds. The van der Waals surface area contributed by atoms with E-state index in [0.717, 1.165) is 18.5 Å². The van der Waals surface area contributed by atoms with Crippen LogP contribution in [0.3, 0.4) is 0 Å². The number of nitrogens with one attached hydrogen (secondary N) is 1. The van der Waals surface area contributed by atoms with Crippen molar-refractivity contribution in [3.63, 3.8) is 0 Å². The highest BCUT2D eigenvalue weighted by atomic mass is 19.4. The molecule has 0 saturated heterocycles. The number of nitrogens with zero attached hydrogens (tertiary/aromatic N) is 1. The van der Waals surface area contributed by atoms with Gasteiger partial charge in [-0.2, -0.15) is 18.4 Å². The molecule has 0 heterocycles. The number of nitriles is 1. The van der Waals surface area contributed by atoms with Crippen LogP contribution in [0.15, 0.2) is 24.6 Å². The van der Waals surface area contributed by atoms with Crippen molar-refractivity contribution in [2.24, 2.45) is 0 Å². The maximum Gasteiger partial charge on any atom is 0.454 e. The molecule has 0 bridgehead atoms. The van der Waals surface area contributed by atoms with Crippen LogP contribution in [-0.2, 0) is 4.79 Å². The summed E-state index contributed by atoms with van der Waals surface area (Å²) in [6, 6.07) is 1.60. The van der Waals surface area contributed by atoms with Crippen molar-refractivity contribution in [2.75, 3.05) is 0 Å². The van der Waals surface area contributed by atoms with E-state index in [0.29, 0.717) is 6.08 Å². The molecule has 0 fully saturated rings. The Morgan fingerprint density at radius 3 is 2.46 bits per heavy atom. The van der Waals surface area contributed by atoms with Crippen molar-refractivity contribution < 1.29 is 18.0 Å². The minimum Gasteiger partial charge on any atom is -0.367 e. The van der Waals surface area contributed by atoms with Gasteiger partial charge in [0.1, 0.15) is 0 Å². The van der Waals surface area contributed by atoms with Crippen molar-refractivity contribution in [1.82, 2.24) is 5.32 Å². The van der Waals surface area contributed by atoms with Gasteiger partial charge in [-0.1, -0.05) is 0 Å². The summed E-state index contributed by atoms with van der Waals surface area (Å²) in [6.45, 7) is 0. The molecule has 0 unspecified atom stereocenters. The van der Waals surface area contributed by atoms with E-state index in [2.05, 4.69) is 5.32 Å². The number of hydrogen-bond acceptors (Lipinski definition) is 3. The highest BCUT2D eigenvalue weighted by molar-refractivity contribution is 5.94. The van der Waals surface area contributed by atoms with Gasteiger partial charge in [0.25, 0.3) is 5.78 Å². The molecule has 1 N–H and O–H groups in total. The van der Waals surface area contributed by atoms with Gasteiger partial charge in [-0.15, -0.1) is 0 Å². The Hall–Kier alpha value is -1.77. The first-order valence-electron chi connectivity index (χ1n) is 3.07. The van der Waals surface area contributed by atoms with Crippen LogP contribution in [0.2, 0.25) is 0 Å². The summed E-state index contributed by atoms with van der Waals surface area (Å²) in [5.41, 5.74) is 0. The summed E-state index contributed by atoms with van der Waals surface area (Å²) >= 11 is 0. The second-order valence-electron chi connectivity index (χ2n) is 1.82. The first-order valence-corrected chi connectivity index (χ1v) is 3.07. The lowest BCUT2D eigenvalue weighted by Crippen LogP contribution is -2.20. The molecule has 0 spiro atoms. The van der Waals surface area contributed by atoms with Crippen LogP contribution < -0.4 is 5.32 Å². The predicted octanol–water partition coefficient (Wildman–Crippen LogP) is 1.26. The SMILES string of the molecule is N#C/C=C\N/C=C/C(=O)C(F)(F)F. The van der Waals surface area contributed by atoms with Crippen molar-refractivity contribution in [2.45, 2.75) is 6.18 Å². The van der Waals surface area contributed by atoms with E-state index in [4.69, 9.17) is 5.26 Å². The molecule has 0 aliphatic heterocycles. The van der Waals surface area contributed by atoms with E-state index >= 15 is 0 Å². The highest BCUT2D eigenvalue weighted by Crippen LogP contribution is 2.15. The van der Waals surface area contributed by atoms with Crippen LogP contribution in [0.5, 0.6) is 0 Å². The minimum atomic E-state index is -4.85. The summed E-state index contributed by atoms with van der Waals surface area (Å²) in [5, 5.41) is 10.1. The van der Waals surface area contributed by atoms with Gasteiger partial charge < -0.3 is 5.32 Å². The lowest BCUT2D eigenvalue weighted by Gasteiger charge is -1.98. The molecule has 0 radical (unpaired) electrons. The topological polar surface area (TPSA) is 52.9 Å². The second kappa shape index (κ2) is 4.98. The molecule has 0 aromatic heterocycles. The van der Waals surface area contributed by atoms with Crippen LogP contribution in [0.4, 0.5) is 13.2 Å². The zero-order chi connectivity index (χ0) is 10.3. The molecule has 0 rings (SSSR count). The summed E-state index contributed by atoms with van der Waals surface area (Å²) in [4.78, 5) is 10.2. The first kappa shape index (κ1) is 11.2. The fourth-order valence-electron chi connectivity index (χ4n) is 0.359. The molecule has 6 heteroatoms. The Morgan fingerprint density at radius 1 is 1.38 bits per heavy atom. The summed E-state index contributed by atoms with van der Waals surface area (Å²) < 4.78 is 34.6. The largest absolute Gasteiger partial charge is 0.454 e. The number of allylic oxidation sites excluding steroid dienone is 2. The number of carbonyl (C=O) groups is 1. The zero-order valence-corrected chi connectivity index (χ0v) is 6.30. The third kappa shape index (κ3) is 5.49. The van der Waals surface area contributed by atoms with E-state index in [1.165, 1.54) is 0 Å². The molecular formula is C7H5F3N2O. The number of halogens is 3. The van der Waals surface area contributed by atoms with E-state index in [1.807, 2.05) is 0 Å². The monoisotopic (exact) mass is 190 g/mol. The maximum atomic E-state index is 11.5. The van der Waals surface area contributed by atoms with Crippen LogP contribution in [-0.4, -0.2) is 12.0 Å². The Bertz CT molecular complexity index is 272. The van der Waals surface area contributed by atoms with Gasteiger partial charge >= 0.3 is 6.18 Å². The van der Waals surface area contributed by atoms with E-state index in [-0.39, 0.29) is 0 Å². The van der Waals surface area contributed by atoms with Crippen LogP contribution in [0, 0.1) is 11.3 Å². The van der Waals surface area contributed by atoms with Crippen LogP contribution in [0.1, 0.15) is 0 Å². The number of carbonyl (C=O) groups excluding carboxylic acids is 1. The Balaban J connectivity index is 3.95. The average molecular weight is 190 g/mol. The molecule has 3 nitrogen and oxygen atoms in total.